The largest absolute Gasteiger partial charge is 0.487 e. The van der Waals surface area contributed by atoms with Gasteiger partial charge >= 0.3 is 12.3 Å². The number of benzene rings is 1. The van der Waals surface area contributed by atoms with Gasteiger partial charge in [-0.05, 0) is 24.3 Å². The van der Waals surface area contributed by atoms with E-state index in [-0.39, 0.29) is 30.2 Å². The fourth-order valence-electron chi connectivity index (χ4n) is 2.04. The summed E-state index contributed by atoms with van der Waals surface area (Å²) in [7, 11) is 0. The number of aromatic nitrogens is 2. The molecule has 3 rings (SSSR count). The standard InChI is InChI=1S/C14H11F3N4O3/c15-14(16,17)10-5-8(11-7-24-13(22)21-20-11)1-2-12(10)23-6-9-3-4-18-19-9/h1-5H,6-7H2,(H,18,19)(H,21,22). The molecule has 0 radical (unpaired) electrons. The number of rotatable bonds is 4. The minimum Gasteiger partial charge on any atom is -0.487 e. The number of amides is 1. The molecule has 2 aromatic rings. The maximum Gasteiger partial charge on any atom is 0.428 e. The molecule has 10 heteroatoms. The third-order valence-electron chi connectivity index (χ3n) is 3.18. The molecule has 0 unspecified atom stereocenters. The van der Waals surface area contributed by atoms with Crippen molar-refractivity contribution in [1.29, 1.82) is 0 Å². The van der Waals surface area contributed by atoms with Crippen LogP contribution in [0.1, 0.15) is 16.8 Å². The van der Waals surface area contributed by atoms with Crippen molar-refractivity contribution >= 4 is 11.8 Å². The topological polar surface area (TPSA) is 88.6 Å². The van der Waals surface area contributed by atoms with Crippen LogP contribution in [-0.4, -0.2) is 28.6 Å². The van der Waals surface area contributed by atoms with Gasteiger partial charge in [-0.2, -0.15) is 23.4 Å². The number of ether oxygens (including phenoxy) is 2. The van der Waals surface area contributed by atoms with Gasteiger partial charge in [0.1, 0.15) is 24.7 Å². The fraction of sp³-hybridized carbons (Fsp3) is 0.214. The molecule has 0 aliphatic carbocycles. The van der Waals surface area contributed by atoms with Crippen molar-refractivity contribution in [2.24, 2.45) is 5.10 Å². The van der Waals surface area contributed by atoms with E-state index >= 15 is 0 Å². The van der Waals surface area contributed by atoms with Crippen molar-refractivity contribution < 1.29 is 27.4 Å². The minimum absolute atomic E-state index is 0.0808. The van der Waals surface area contributed by atoms with Crippen molar-refractivity contribution in [3.8, 4) is 5.75 Å². The van der Waals surface area contributed by atoms with Crippen molar-refractivity contribution in [2.75, 3.05) is 6.61 Å². The Kier molecular flexibility index (Phi) is 4.11. The van der Waals surface area contributed by atoms with E-state index < -0.39 is 17.8 Å². The highest BCUT2D eigenvalue weighted by atomic mass is 19.4. The lowest BCUT2D eigenvalue weighted by molar-refractivity contribution is -0.139. The number of halogens is 3. The Morgan fingerprint density at radius 3 is 2.75 bits per heavy atom. The van der Waals surface area contributed by atoms with Gasteiger partial charge in [-0.25, -0.2) is 10.2 Å². The molecule has 1 amide bonds. The number of nitrogens with zero attached hydrogens (tertiary/aromatic N) is 2. The molecule has 2 heterocycles. The summed E-state index contributed by atoms with van der Waals surface area (Å²) in [6.07, 6.45) is -3.89. The Morgan fingerprint density at radius 2 is 2.12 bits per heavy atom. The third kappa shape index (κ3) is 3.47. The van der Waals surface area contributed by atoms with Gasteiger partial charge in [0.25, 0.3) is 0 Å². The first-order valence-corrected chi connectivity index (χ1v) is 6.75. The molecule has 1 aromatic heterocycles. The highest BCUT2D eigenvalue weighted by Crippen LogP contribution is 2.37. The summed E-state index contributed by atoms with van der Waals surface area (Å²) in [6, 6.07) is 5.12. The molecule has 0 bridgehead atoms. The van der Waals surface area contributed by atoms with Crippen molar-refractivity contribution in [2.45, 2.75) is 12.8 Å². The smallest absolute Gasteiger partial charge is 0.428 e. The Hall–Kier alpha value is -3.04. The number of alkyl halides is 3. The predicted molar refractivity (Wildman–Crippen MR) is 75.4 cm³/mol. The molecular formula is C14H11F3N4O3. The summed E-state index contributed by atoms with van der Waals surface area (Å²) in [4.78, 5) is 10.9. The number of nitrogens with one attached hydrogen (secondary N) is 2. The average molecular weight is 340 g/mol. The van der Waals surface area contributed by atoms with Crippen LogP contribution in [-0.2, 0) is 17.5 Å². The van der Waals surface area contributed by atoms with Crippen LogP contribution >= 0.6 is 0 Å². The van der Waals surface area contributed by atoms with Gasteiger partial charge in [0, 0.05) is 11.8 Å². The molecule has 0 spiro atoms. The van der Waals surface area contributed by atoms with Crippen LogP contribution in [0.3, 0.4) is 0 Å². The van der Waals surface area contributed by atoms with Crippen LogP contribution in [0.4, 0.5) is 18.0 Å². The number of cyclic esters (lactones) is 1. The Bertz CT molecular complexity index is 772. The number of hydrogen-bond acceptors (Lipinski definition) is 5. The molecule has 1 aromatic carbocycles. The normalized spacial score (nSPS) is 14.6. The summed E-state index contributed by atoms with van der Waals surface area (Å²) in [5, 5.41) is 9.99. The van der Waals surface area contributed by atoms with Gasteiger partial charge in [0.2, 0.25) is 0 Å². The van der Waals surface area contributed by atoms with E-state index in [9.17, 15) is 18.0 Å². The van der Waals surface area contributed by atoms with Crippen LogP contribution in [0, 0.1) is 0 Å². The van der Waals surface area contributed by atoms with E-state index in [1.54, 1.807) is 6.07 Å². The van der Waals surface area contributed by atoms with Crippen molar-refractivity contribution in [3.05, 3.63) is 47.3 Å². The zero-order valence-corrected chi connectivity index (χ0v) is 12.1. The molecule has 126 valence electrons. The summed E-state index contributed by atoms with van der Waals surface area (Å²) in [5.74, 6) is -0.317. The molecule has 1 aliphatic rings. The van der Waals surface area contributed by atoms with Crippen LogP contribution in [0.2, 0.25) is 0 Å². The lowest BCUT2D eigenvalue weighted by Gasteiger charge is -2.17. The van der Waals surface area contributed by atoms with Gasteiger partial charge in [-0.3, -0.25) is 5.10 Å². The summed E-state index contributed by atoms with van der Waals surface area (Å²) >= 11 is 0. The second-order valence-electron chi connectivity index (χ2n) is 4.83. The molecule has 24 heavy (non-hydrogen) atoms. The van der Waals surface area contributed by atoms with E-state index in [1.165, 1.54) is 18.3 Å². The lowest BCUT2D eigenvalue weighted by Crippen LogP contribution is -2.30. The number of carbonyl (C=O) groups is 1. The van der Waals surface area contributed by atoms with Crippen molar-refractivity contribution in [1.82, 2.24) is 15.6 Å². The quantitative estimate of drug-likeness (QED) is 0.895. The minimum atomic E-state index is -4.61. The second kappa shape index (κ2) is 6.22. The third-order valence-corrected chi connectivity index (χ3v) is 3.18. The molecule has 0 fully saturated rings. The fourth-order valence-corrected chi connectivity index (χ4v) is 2.04. The van der Waals surface area contributed by atoms with E-state index in [0.717, 1.165) is 6.07 Å². The first-order chi connectivity index (χ1) is 11.4. The van der Waals surface area contributed by atoms with Gasteiger partial charge in [-0.15, -0.1) is 0 Å². The van der Waals surface area contributed by atoms with Crippen LogP contribution in [0.15, 0.2) is 35.6 Å². The van der Waals surface area contributed by atoms with Gasteiger partial charge in [0.15, 0.2) is 0 Å². The van der Waals surface area contributed by atoms with Crippen LogP contribution in [0.25, 0.3) is 0 Å². The number of hydrazone groups is 1. The van der Waals surface area contributed by atoms with Gasteiger partial charge < -0.3 is 9.47 Å². The highest BCUT2D eigenvalue weighted by molar-refractivity contribution is 6.03. The molecular weight excluding hydrogens is 329 g/mol. The van der Waals surface area contributed by atoms with Gasteiger partial charge in [0.05, 0.1) is 11.3 Å². The first-order valence-electron chi connectivity index (χ1n) is 6.75. The SMILES string of the molecule is O=C1NN=C(c2ccc(OCc3ccn[nH]3)c(C(F)(F)F)c2)CO1. The Labute approximate surface area is 133 Å². The Balaban J connectivity index is 1.88. The molecule has 2 N–H and O–H groups in total. The molecule has 1 aliphatic heterocycles. The maximum absolute atomic E-state index is 13.3. The van der Waals surface area contributed by atoms with Crippen molar-refractivity contribution in [3.63, 3.8) is 0 Å². The summed E-state index contributed by atoms with van der Waals surface area (Å²) < 4.78 is 49.8. The molecule has 0 atom stereocenters. The predicted octanol–water partition coefficient (Wildman–Crippen LogP) is 2.45. The monoisotopic (exact) mass is 340 g/mol. The van der Waals surface area contributed by atoms with Crippen LogP contribution < -0.4 is 10.2 Å². The second-order valence-corrected chi connectivity index (χ2v) is 4.83. The number of carbonyl (C=O) groups excluding carboxylic acids is 1. The van der Waals surface area contributed by atoms with Gasteiger partial charge in [-0.1, -0.05) is 0 Å². The summed E-state index contributed by atoms with van der Waals surface area (Å²) in [5.41, 5.74) is 2.00. The maximum atomic E-state index is 13.3. The van der Waals surface area contributed by atoms with E-state index in [4.69, 9.17) is 9.47 Å². The lowest BCUT2D eigenvalue weighted by atomic mass is 10.1. The Morgan fingerprint density at radius 1 is 1.29 bits per heavy atom. The first kappa shape index (κ1) is 15.8. The average Bonchev–Trinajstić information content (AvgIpc) is 3.06. The number of aromatic amines is 1. The van der Waals surface area contributed by atoms with E-state index in [0.29, 0.717) is 5.69 Å². The number of H-pyrrole nitrogens is 1. The highest BCUT2D eigenvalue weighted by Gasteiger charge is 2.35. The zero-order chi connectivity index (χ0) is 17.2. The molecule has 7 nitrogen and oxygen atoms in total. The van der Waals surface area contributed by atoms with E-state index in [1.807, 2.05) is 0 Å². The van der Waals surface area contributed by atoms with Crippen LogP contribution in [0.5, 0.6) is 5.75 Å². The summed E-state index contributed by atoms with van der Waals surface area (Å²) in [6.45, 7) is -0.292. The zero-order valence-electron chi connectivity index (χ0n) is 12.1. The van der Waals surface area contributed by atoms with E-state index in [2.05, 4.69) is 20.7 Å². The number of hydrogen-bond donors (Lipinski definition) is 2. The molecule has 0 saturated carbocycles. The molecule has 0 saturated heterocycles.